The number of aryl methyl sites for hydroxylation is 1. The number of nitrogen functional groups attached to an aromatic ring is 1. The number of amides is 1. The normalized spacial score (nSPS) is 10.2. The SMILES string of the molecule is Cc1ccsc1CNc1ccc(NC(=O)O)c(N)c1. The van der Waals surface area contributed by atoms with E-state index < -0.39 is 6.09 Å². The number of benzene rings is 1. The molecule has 0 spiro atoms. The fourth-order valence-corrected chi connectivity index (χ4v) is 2.52. The number of rotatable bonds is 4. The maximum Gasteiger partial charge on any atom is 0.409 e. The van der Waals surface area contributed by atoms with Gasteiger partial charge in [0.15, 0.2) is 0 Å². The van der Waals surface area contributed by atoms with Crippen molar-refractivity contribution in [2.75, 3.05) is 16.4 Å². The summed E-state index contributed by atoms with van der Waals surface area (Å²) in [4.78, 5) is 11.8. The first-order valence-corrected chi connectivity index (χ1v) is 6.60. The molecule has 0 aliphatic heterocycles. The van der Waals surface area contributed by atoms with Gasteiger partial charge in [0.2, 0.25) is 0 Å². The molecule has 0 fully saturated rings. The van der Waals surface area contributed by atoms with E-state index in [0.717, 1.165) is 12.2 Å². The number of hydrogen-bond donors (Lipinski definition) is 4. The van der Waals surface area contributed by atoms with Gasteiger partial charge in [0, 0.05) is 17.1 Å². The van der Waals surface area contributed by atoms with E-state index in [9.17, 15) is 4.79 Å². The van der Waals surface area contributed by atoms with Crippen LogP contribution in [-0.4, -0.2) is 11.2 Å². The Bertz CT molecular complexity index is 595. The van der Waals surface area contributed by atoms with Gasteiger partial charge in [-0.1, -0.05) is 0 Å². The predicted octanol–water partition coefficient (Wildman–Crippen LogP) is 3.34. The third-order valence-electron chi connectivity index (χ3n) is 2.71. The van der Waals surface area contributed by atoms with Crippen molar-refractivity contribution in [1.29, 1.82) is 0 Å². The molecule has 0 aliphatic rings. The van der Waals surface area contributed by atoms with Crippen LogP contribution in [0.3, 0.4) is 0 Å². The van der Waals surface area contributed by atoms with Crippen molar-refractivity contribution in [3.8, 4) is 0 Å². The molecule has 0 atom stereocenters. The molecule has 1 heterocycles. The van der Waals surface area contributed by atoms with Crippen molar-refractivity contribution in [3.05, 3.63) is 40.1 Å². The first-order valence-electron chi connectivity index (χ1n) is 5.72. The number of nitrogens with two attached hydrogens (primary N) is 1. The van der Waals surface area contributed by atoms with Crippen molar-refractivity contribution in [3.63, 3.8) is 0 Å². The fraction of sp³-hybridized carbons (Fsp3) is 0.154. The first kappa shape index (κ1) is 13.2. The van der Waals surface area contributed by atoms with Gasteiger partial charge in [0.1, 0.15) is 0 Å². The van der Waals surface area contributed by atoms with Crippen molar-refractivity contribution in [1.82, 2.24) is 0 Å². The maximum absolute atomic E-state index is 10.5. The molecule has 0 bridgehead atoms. The molecular weight excluding hydrogens is 262 g/mol. The molecule has 2 aromatic rings. The van der Waals surface area contributed by atoms with Gasteiger partial charge in [-0.05, 0) is 42.1 Å². The average Bonchev–Trinajstić information content (AvgIpc) is 2.75. The highest BCUT2D eigenvalue weighted by Crippen LogP contribution is 2.24. The Kier molecular flexibility index (Phi) is 3.91. The Hall–Kier alpha value is -2.21. The molecule has 6 heteroatoms. The number of nitrogens with one attached hydrogen (secondary N) is 2. The second-order valence-electron chi connectivity index (χ2n) is 4.11. The zero-order chi connectivity index (χ0) is 13.8. The lowest BCUT2D eigenvalue weighted by Crippen LogP contribution is -2.09. The van der Waals surface area contributed by atoms with E-state index >= 15 is 0 Å². The molecule has 1 amide bonds. The highest BCUT2D eigenvalue weighted by Gasteiger charge is 2.04. The summed E-state index contributed by atoms with van der Waals surface area (Å²) in [6.45, 7) is 2.80. The van der Waals surface area contributed by atoms with Gasteiger partial charge in [-0.3, -0.25) is 5.32 Å². The van der Waals surface area contributed by atoms with Crippen molar-refractivity contribution >= 4 is 34.5 Å². The highest BCUT2D eigenvalue weighted by atomic mass is 32.1. The summed E-state index contributed by atoms with van der Waals surface area (Å²) >= 11 is 1.70. The van der Waals surface area contributed by atoms with E-state index in [0.29, 0.717) is 11.4 Å². The third-order valence-corrected chi connectivity index (χ3v) is 3.74. The van der Waals surface area contributed by atoms with Gasteiger partial charge in [-0.15, -0.1) is 11.3 Å². The van der Waals surface area contributed by atoms with E-state index in [1.165, 1.54) is 10.4 Å². The first-order chi connectivity index (χ1) is 9.06. The quantitative estimate of drug-likeness (QED) is 0.645. The number of thiophene rings is 1. The van der Waals surface area contributed by atoms with Crippen molar-refractivity contribution in [2.24, 2.45) is 0 Å². The fourth-order valence-electron chi connectivity index (χ4n) is 1.67. The molecule has 0 aliphatic carbocycles. The molecule has 0 saturated carbocycles. The van der Waals surface area contributed by atoms with E-state index in [4.69, 9.17) is 10.8 Å². The van der Waals surface area contributed by atoms with Crippen LogP contribution in [0.1, 0.15) is 10.4 Å². The Labute approximate surface area is 115 Å². The molecule has 5 N–H and O–H groups in total. The molecule has 1 aromatic carbocycles. The summed E-state index contributed by atoms with van der Waals surface area (Å²) in [5, 5.41) is 16.2. The molecule has 2 rings (SSSR count). The Morgan fingerprint density at radius 1 is 1.42 bits per heavy atom. The lowest BCUT2D eigenvalue weighted by molar-refractivity contribution is 0.210. The van der Waals surface area contributed by atoms with Crippen LogP contribution < -0.4 is 16.4 Å². The molecule has 0 radical (unpaired) electrons. The third kappa shape index (κ3) is 3.38. The minimum atomic E-state index is -1.12. The van der Waals surface area contributed by atoms with Crippen molar-refractivity contribution in [2.45, 2.75) is 13.5 Å². The lowest BCUT2D eigenvalue weighted by Gasteiger charge is -2.10. The van der Waals surface area contributed by atoms with Gasteiger partial charge >= 0.3 is 6.09 Å². The van der Waals surface area contributed by atoms with Crippen LogP contribution in [0, 0.1) is 6.92 Å². The van der Waals surface area contributed by atoms with Gasteiger partial charge < -0.3 is 16.2 Å². The standard InChI is InChI=1S/C13H15N3O2S/c1-8-4-5-19-12(8)7-15-9-2-3-11(10(14)6-9)16-13(17)18/h2-6,15-16H,7,14H2,1H3,(H,17,18). The monoisotopic (exact) mass is 277 g/mol. The van der Waals surface area contributed by atoms with E-state index in [-0.39, 0.29) is 0 Å². The molecule has 0 saturated heterocycles. The number of anilines is 3. The smallest absolute Gasteiger partial charge is 0.409 e. The predicted molar refractivity (Wildman–Crippen MR) is 78.9 cm³/mol. The summed E-state index contributed by atoms with van der Waals surface area (Å²) < 4.78 is 0. The maximum atomic E-state index is 10.5. The zero-order valence-corrected chi connectivity index (χ0v) is 11.3. The summed E-state index contributed by atoms with van der Waals surface area (Å²) in [5.41, 5.74) is 8.70. The summed E-state index contributed by atoms with van der Waals surface area (Å²) in [6, 6.07) is 7.24. The Morgan fingerprint density at radius 2 is 2.21 bits per heavy atom. The van der Waals surface area contributed by atoms with Gasteiger partial charge in [-0.25, -0.2) is 4.79 Å². The Balaban J connectivity index is 2.04. The van der Waals surface area contributed by atoms with E-state index in [1.54, 1.807) is 29.5 Å². The summed E-state index contributed by atoms with van der Waals surface area (Å²) in [5.74, 6) is 0. The minimum absolute atomic E-state index is 0.394. The second kappa shape index (κ2) is 5.62. The summed E-state index contributed by atoms with van der Waals surface area (Å²) in [6.07, 6.45) is -1.12. The molecule has 0 unspecified atom stereocenters. The Morgan fingerprint density at radius 3 is 2.79 bits per heavy atom. The molecule has 1 aromatic heterocycles. The molecule has 19 heavy (non-hydrogen) atoms. The van der Waals surface area contributed by atoms with E-state index in [2.05, 4.69) is 29.0 Å². The summed E-state index contributed by atoms with van der Waals surface area (Å²) in [7, 11) is 0. The van der Waals surface area contributed by atoms with Crippen LogP contribution in [-0.2, 0) is 6.54 Å². The zero-order valence-electron chi connectivity index (χ0n) is 10.4. The topological polar surface area (TPSA) is 87.4 Å². The molecule has 100 valence electrons. The lowest BCUT2D eigenvalue weighted by atomic mass is 10.2. The van der Waals surface area contributed by atoms with Crippen LogP contribution in [0.2, 0.25) is 0 Å². The minimum Gasteiger partial charge on any atom is -0.465 e. The van der Waals surface area contributed by atoms with Crippen LogP contribution in [0.25, 0.3) is 0 Å². The van der Waals surface area contributed by atoms with Crippen LogP contribution >= 0.6 is 11.3 Å². The van der Waals surface area contributed by atoms with Crippen LogP contribution in [0.4, 0.5) is 21.9 Å². The molecule has 5 nitrogen and oxygen atoms in total. The van der Waals surface area contributed by atoms with E-state index in [1.807, 2.05) is 0 Å². The average molecular weight is 277 g/mol. The van der Waals surface area contributed by atoms with Gasteiger partial charge in [0.25, 0.3) is 0 Å². The van der Waals surface area contributed by atoms with Gasteiger partial charge in [-0.2, -0.15) is 0 Å². The van der Waals surface area contributed by atoms with Crippen molar-refractivity contribution < 1.29 is 9.90 Å². The largest absolute Gasteiger partial charge is 0.465 e. The number of carboxylic acid groups (broad SMARTS) is 1. The second-order valence-corrected chi connectivity index (χ2v) is 5.11. The highest BCUT2D eigenvalue weighted by molar-refractivity contribution is 7.10. The van der Waals surface area contributed by atoms with Gasteiger partial charge in [0.05, 0.1) is 11.4 Å². The van der Waals surface area contributed by atoms with Crippen LogP contribution in [0.5, 0.6) is 0 Å². The molecular formula is C13H15N3O2S. The van der Waals surface area contributed by atoms with Crippen LogP contribution in [0.15, 0.2) is 29.6 Å². The number of carbonyl (C=O) groups is 1. The number of hydrogen-bond acceptors (Lipinski definition) is 4.